The Morgan fingerprint density at radius 2 is 1.68 bits per heavy atom. The molecule has 0 aliphatic heterocycles. The van der Waals surface area contributed by atoms with Gasteiger partial charge in [-0.05, 0) is 36.2 Å². The van der Waals surface area contributed by atoms with Crippen LogP contribution in [0.3, 0.4) is 0 Å². The van der Waals surface area contributed by atoms with Gasteiger partial charge in [0.05, 0.1) is 11.4 Å². The van der Waals surface area contributed by atoms with Crippen molar-refractivity contribution < 1.29 is 18.4 Å². The van der Waals surface area contributed by atoms with Crippen LogP contribution >= 0.6 is 0 Å². The van der Waals surface area contributed by atoms with Crippen LogP contribution in [0.15, 0.2) is 60.8 Å². The van der Waals surface area contributed by atoms with Gasteiger partial charge < -0.3 is 10.6 Å². The van der Waals surface area contributed by atoms with Crippen molar-refractivity contribution in [2.45, 2.75) is 26.3 Å². The molecule has 0 fully saturated rings. The number of benzene rings is 2. The minimum absolute atomic E-state index is 0.281. The summed E-state index contributed by atoms with van der Waals surface area (Å²) < 4.78 is 29.5. The molecule has 162 valence electrons. The Hall–Kier alpha value is -3.55. The summed E-state index contributed by atoms with van der Waals surface area (Å²) in [5, 5.41) is 9.67. The molecule has 6 nitrogen and oxygen atoms in total. The molecule has 0 bridgehead atoms. The van der Waals surface area contributed by atoms with Crippen molar-refractivity contribution in [3.63, 3.8) is 0 Å². The van der Waals surface area contributed by atoms with Crippen LogP contribution in [0.25, 0.3) is 5.69 Å². The number of amides is 2. The zero-order valence-corrected chi connectivity index (χ0v) is 17.3. The van der Waals surface area contributed by atoms with Crippen LogP contribution in [0, 0.1) is 17.6 Å². The number of carbonyl (C=O) groups excluding carboxylic acids is 2. The predicted molar refractivity (Wildman–Crippen MR) is 113 cm³/mol. The molecular weight excluding hydrogens is 402 g/mol. The molecule has 31 heavy (non-hydrogen) atoms. The highest BCUT2D eigenvalue weighted by molar-refractivity contribution is 5.98. The monoisotopic (exact) mass is 426 g/mol. The second-order valence-corrected chi connectivity index (χ2v) is 7.42. The number of aromatic nitrogens is 2. The normalized spacial score (nSPS) is 11.9. The predicted octanol–water partition coefficient (Wildman–Crippen LogP) is 3.26. The second kappa shape index (κ2) is 9.97. The van der Waals surface area contributed by atoms with Gasteiger partial charge in [-0.15, -0.1) is 0 Å². The van der Waals surface area contributed by atoms with Gasteiger partial charge in [0.25, 0.3) is 5.91 Å². The highest BCUT2D eigenvalue weighted by Gasteiger charge is 2.27. The van der Waals surface area contributed by atoms with Crippen LogP contribution in [-0.2, 0) is 11.2 Å². The largest absolute Gasteiger partial charge is 0.354 e. The Labute approximate surface area is 179 Å². The first kappa shape index (κ1) is 22.1. The van der Waals surface area contributed by atoms with E-state index < -0.39 is 35.1 Å². The molecule has 1 unspecified atom stereocenters. The summed E-state index contributed by atoms with van der Waals surface area (Å²) in [6, 6.07) is 13.7. The van der Waals surface area contributed by atoms with Gasteiger partial charge in [-0.3, -0.25) is 9.59 Å². The fourth-order valence-corrected chi connectivity index (χ4v) is 3.11. The molecule has 8 heteroatoms. The van der Waals surface area contributed by atoms with E-state index >= 15 is 0 Å². The third-order valence-electron chi connectivity index (χ3n) is 4.77. The van der Waals surface area contributed by atoms with Crippen LogP contribution in [0.5, 0.6) is 0 Å². The SMILES string of the molecule is CC(C)C(NC(=O)c1c(F)cccc1F)C(=O)NCCc1ccn(-c2ccccc2)n1. The summed E-state index contributed by atoms with van der Waals surface area (Å²) in [6.07, 6.45) is 2.33. The average Bonchev–Trinajstić information content (AvgIpc) is 3.21. The van der Waals surface area contributed by atoms with Gasteiger partial charge >= 0.3 is 0 Å². The van der Waals surface area contributed by atoms with E-state index in [1.54, 1.807) is 18.5 Å². The average molecular weight is 426 g/mol. The van der Waals surface area contributed by atoms with E-state index in [0.717, 1.165) is 23.5 Å². The van der Waals surface area contributed by atoms with Gasteiger partial charge in [-0.1, -0.05) is 38.1 Å². The van der Waals surface area contributed by atoms with Gasteiger partial charge in [0.2, 0.25) is 5.91 Å². The summed E-state index contributed by atoms with van der Waals surface area (Å²) in [5.41, 5.74) is 1.02. The molecule has 2 N–H and O–H groups in total. The van der Waals surface area contributed by atoms with E-state index in [1.165, 1.54) is 6.07 Å². The Bertz CT molecular complexity index is 1030. The topological polar surface area (TPSA) is 76.0 Å². The third-order valence-corrected chi connectivity index (χ3v) is 4.77. The van der Waals surface area contributed by atoms with E-state index in [-0.39, 0.29) is 5.92 Å². The number of carbonyl (C=O) groups is 2. The number of hydrogen-bond acceptors (Lipinski definition) is 3. The van der Waals surface area contributed by atoms with Crippen molar-refractivity contribution in [2.75, 3.05) is 6.54 Å². The van der Waals surface area contributed by atoms with E-state index in [4.69, 9.17) is 0 Å². The summed E-state index contributed by atoms with van der Waals surface area (Å²) in [7, 11) is 0. The number of rotatable bonds is 8. The second-order valence-electron chi connectivity index (χ2n) is 7.42. The Kier molecular flexibility index (Phi) is 7.12. The molecule has 0 saturated heterocycles. The van der Waals surface area contributed by atoms with E-state index in [9.17, 15) is 18.4 Å². The quantitative estimate of drug-likeness (QED) is 0.581. The zero-order chi connectivity index (χ0) is 22.4. The smallest absolute Gasteiger partial charge is 0.257 e. The molecule has 0 spiro atoms. The minimum Gasteiger partial charge on any atom is -0.354 e. The summed E-state index contributed by atoms with van der Waals surface area (Å²) in [4.78, 5) is 25.0. The maximum atomic E-state index is 13.9. The lowest BCUT2D eigenvalue weighted by Gasteiger charge is -2.22. The molecule has 0 saturated carbocycles. The lowest BCUT2D eigenvalue weighted by molar-refractivity contribution is -0.123. The maximum absolute atomic E-state index is 13.9. The Balaban J connectivity index is 1.58. The van der Waals surface area contributed by atoms with Crippen LogP contribution < -0.4 is 10.6 Å². The van der Waals surface area contributed by atoms with Gasteiger partial charge in [-0.25, -0.2) is 13.5 Å². The standard InChI is InChI=1S/C23H24F2N4O2/c1-15(2)21(27-22(30)20-18(24)9-6-10-19(20)25)23(31)26-13-11-16-12-14-29(28-16)17-7-4-3-5-8-17/h3-10,12,14-15,21H,11,13H2,1-2H3,(H,26,31)(H,27,30). The number of hydrogen-bond donors (Lipinski definition) is 2. The number of nitrogens with zero attached hydrogens (tertiary/aromatic N) is 2. The van der Waals surface area contributed by atoms with Crippen LogP contribution in [0.2, 0.25) is 0 Å². The maximum Gasteiger partial charge on any atom is 0.257 e. The molecule has 1 aromatic heterocycles. The molecule has 1 heterocycles. The van der Waals surface area contributed by atoms with Gasteiger partial charge in [0.1, 0.15) is 23.2 Å². The van der Waals surface area contributed by atoms with E-state index in [1.807, 2.05) is 42.6 Å². The molecule has 0 aliphatic carbocycles. The van der Waals surface area contributed by atoms with Gasteiger partial charge in [-0.2, -0.15) is 5.10 Å². The van der Waals surface area contributed by atoms with Crippen molar-refractivity contribution >= 4 is 11.8 Å². The molecule has 0 aliphatic rings. The minimum atomic E-state index is -0.977. The summed E-state index contributed by atoms with van der Waals surface area (Å²) in [5.74, 6) is -3.63. The van der Waals surface area contributed by atoms with Crippen LogP contribution in [0.1, 0.15) is 29.9 Å². The van der Waals surface area contributed by atoms with Crippen molar-refractivity contribution in [3.05, 3.63) is 83.7 Å². The number of halogens is 2. The molecular formula is C23H24F2N4O2. The molecule has 2 aromatic carbocycles. The highest BCUT2D eigenvalue weighted by Crippen LogP contribution is 2.13. The molecule has 1 atom stereocenters. The van der Waals surface area contributed by atoms with E-state index in [2.05, 4.69) is 15.7 Å². The Morgan fingerprint density at radius 1 is 1.00 bits per heavy atom. The first-order chi connectivity index (χ1) is 14.9. The molecule has 3 rings (SSSR count). The van der Waals surface area contributed by atoms with Gasteiger partial charge in [0, 0.05) is 19.2 Å². The fourth-order valence-electron chi connectivity index (χ4n) is 3.11. The molecule has 3 aromatic rings. The van der Waals surface area contributed by atoms with Gasteiger partial charge in [0.15, 0.2) is 0 Å². The number of para-hydroxylation sites is 1. The fraction of sp³-hybridized carbons (Fsp3) is 0.261. The molecule has 2 amide bonds. The Morgan fingerprint density at radius 3 is 2.32 bits per heavy atom. The molecule has 0 radical (unpaired) electrons. The summed E-state index contributed by atoms with van der Waals surface area (Å²) in [6.45, 7) is 3.78. The van der Waals surface area contributed by atoms with Crippen molar-refractivity contribution in [1.82, 2.24) is 20.4 Å². The van der Waals surface area contributed by atoms with Crippen LogP contribution in [0.4, 0.5) is 8.78 Å². The first-order valence-electron chi connectivity index (χ1n) is 9.99. The first-order valence-corrected chi connectivity index (χ1v) is 9.99. The van der Waals surface area contributed by atoms with Crippen molar-refractivity contribution in [2.24, 2.45) is 5.92 Å². The van der Waals surface area contributed by atoms with E-state index in [0.29, 0.717) is 13.0 Å². The third kappa shape index (κ3) is 5.53. The zero-order valence-electron chi connectivity index (χ0n) is 17.3. The summed E-state index contributed by atoms with van der Waals surface area (Å²) >= 11 is 0. The van der Waals surface area contributed by atoms with Crippen molar-refractivity contribution in [1.29, 1.82) is 0 Å². The van der Waals surface area contributed by atoms with Crippen LogP contribution in [-0.4, -0.2) is 34.2 Å². The van der Waals surface area contributed by atoms with Crippen molar-refractivity contribution in [3.8, 4) is 5.69 Å². The lowest BCUT2D eigenvalue weighted by atomic mass is 10.0. The highest BCUT2D eigenvalue weighted by atomic mass is 19.1. The lowest BCUT2D eigenvalue weighted by Crippen LogP contribution is -2.50. The number of nitrogens with one attached hydrogen (secondary N) is 2.